The highest BCUT2D eigenvalue weighted by atomic mass is 16.2. The monoisotopic (exact) mass is 393 g/mol. The molecule has 152 valence electrons. The number of carbonyl (C=O) groups excluding carboxylic acids is 3. The van der Waals surface area contributed by atoms with Crippen molar-refractivity contribution in [2.24, 2.45) is 0 Å². The summed E-state index contributed by atoms with van der Waals surface area (Å²) in [7, 11) is 0. The van der Waals surface area contributed by atoms with Crippen LogP contribution in [0.3, 0.4) is 0 Å². The summed E-state index contributed by atoms with van der Waals surface area (Å²) >= 11 is 0. The van der Waals surface area contributed by atoms with Gasteiger partial charge in [0.05, 0.1) is 0 Å². The third kappa shape index (κ3) is 5.22. The topological polar surface area (TPSA) is 78.5 Å². The van der Waals surface area contributed by atoms with Crippen LogP contribution < -0.4 is 10.6 Å². The van der Waals surface area contributed by atoms with Gasteiger partial charge in [-0.3, -0.25) is 14.5 Å². The molecule has 2 N–H and O–H groups in total. The number of amides is 4. The number of benzene rings is 2. The molecule has 2 atom stereocenters. The van der Waals surface area contributed by atoms with E-state index in [9.17, 15) is 14.4 Å². The Morgan fingerprint density at radius 1 is 1.10 bits per heavy atom. The predicted molar refractivity (Wildman–Crippen MR) is 113 cm³/mol. The maximum Gasteiger partial charge on any atom is 0.325 e. The lowest BCUT2D eigenvalue weighted by Crippen LogP contribution is -2.38. The van der Waals surface area contributed by atoms with E-state index in [0.29, 0.717) is 24.4 Å². The van der Waals surface area contributed by atoms with Gasteiger partial charge in [-0.2, -0.15) is 0 Å². The second-order valence-corrected chi connectivity index (χ2v) is 7.43. The van der Waals surface area contributed by atoms with Gasteiger partial charge in [0.2, 0.25) is 5.91 Å². The van der Waals surface area contributed by atoms with E-state index in [0.717, 1.165) is 16.9 Å². The number of anilines is 1. The largest absolute Gasteiger partial charge is 0.326 e. The molecule has 2 aromatic carbocycles. The van der Waals surface area contributed by atoms with E-state index in [1.807, 2.05) is 54.6 Å². The standard InChI is InChI=1S/C23H27N3O3/c1-3-16(2)18-10-12-19(13-11-18)24-21(27)15-26-22(28)20(25-23(26)29)14-9-17-7-5-4-6-8-17/h4-8,10-13,16,20H,3,9,14-15H2,1-2H3,(H,24,27)(H,25,29)/t16-,20-/m0/s1. The van der Waals surface area contributed by atoms with Crippen LogP contribution in [0.15, 0.2) is 54.6 Å². The lowest BCUT2D eigenvalue weighted by Gasteiger charge is -2.14. The van der Waals surface area contributed by atoms with Gasteiger partial charge in [0.1, 0.15) is 12.6 Å². The molecule has 0 radical (unpaired) electrons. The molecule has 1 fully saturated rings. The highest BCUT2D eigenvalue weighted by molar-refractivity contribution is 6.07. The van der Waals surface area contributed by atoms with Crippen LogP contribution in [-0.4, -0.2) is 35.3 Å². The fraction of sp³-hybridized carbons (Fsp3) is 0.348. The first kappa shape index (κ1) is 20.6. The summed E-state index contributed by atoms with van der Waals surface area (Å²) in [5.41, 5.74) is 2.96. The summed E-state index contributed by atoms with van der Waals surface area (Å²) in [5.74, 6) is -0.291. The van der Waals surface area contributed by atoms with Gasteiger partial charge in [0.25, 0.3) is 5.91 Å². The Bertz CT molecular complexity index is 865. The summed E-state index contributed by atoms with van der Waals surface area (Å²) < 4.78 is 0. The van der Waals surface area contributed by atoms with Crippen molar-refractivity contribution >= 4 is 23.5 Å². The third-order valence-corrected chi connectivity index (χ3v) is 5.35. The van der Waals surface area contributed by atoms with Gasteiger partial charge in [0.15, 0.2) is 0 Å². The van der Waals surface area contributed by atoms with Gasteiger partial charge >= 0.3 is 6.03 Å². The van der Waals surface area contributed by atoms with E-state index in [2.05, 4.69) is 24.5 Å². The Morgan fingerprint density at radius 3 is 2.45 bits per heavy atom. The molecule has 1 aliphatic rings. The number of imide groups is 1. The Kier molecular flexibility index (Phi) is 6.65. The lowest BCUT2D eigenvalue weighted by molar-refractivity contribution is -0.130. The van der Waals surface area contributed by atoms with E-state index in [-0.39, 0.29) is 12.5 Å². The molecule has 6 nitrogen and oxygen atoms in total. The molecular formula is C23H27N3O3. The zero-order chi connectivity index (χ0) is 20.8. The lowest BCUT2D eigenvalue weighted by atomic mass is 9.99. The summed E-state index contributed by atoms with van der Waals surface area (Å²) in [6, 6.07) is 16.3. The van der Waals surface area contributed by atoms with Crippen molar-refractivity contribution in [3.05, 3.63) is 65.7 Å². The normalized spacial score (nSPS) is 17.2. The number of hydrogen-bond acceptors (Lipinski definition) is 3. The molecule has 1 saturated heterocycles. The molecule has 0 aliphatic carbocycles. The van der Waals surface area contributed by atoms with Crippen molar-refractivity contribution in [2.75, 3.05) is 11.9 Å². The zero-order valence-corrected chi connectivity index (χ0v) is 16.9. The molecule has 0 unspecified atom stereocenters. The minimum absolute atomic E-state index is 0.292. The first-order valence-corrected chi connectivity index (χ1v) is 10.0. The molecule has 29 heavy (non-hydrogen) atoms. The molecule has 1 aliphatic heterocycles. The van der Waals surface area contributed by atoms with Crippen LogP contribution in [0.25, 0.3) is 0 Å². The van der Waals surface area contributed by atoms with Crippen molar-refractivity contribution in [3.8, 4) is 0 Å². The highest BCUT2D eigenvalue weighted by Gasteiger charge is 2.38. The number of carbonyl (C=O) groups is 3. The second kappa shape index (κ2) is 9.37. The number of rotatable bonds is 8. The van der Waals surface area contributed by atoms with E-state index < -0.39 is 18.0 Å². The molecule has 4 amide bonds. The van der Waals surface area contributed by atoms with Gasteiger partial charge in [-0.15, -0.1) is 0 Å². The van der Waals surface area contributed by atoms with Crippen LogP contribution in [-0.2, 0) is 16.0 Å². The maximum atomic E-state index is 12.5. The van der Waals surface area contributed by atoms with Crippen LogP contribution in [0.4, 0.5) is 10.5 Å². The molecule has 0 bridgehead atoms. The minimum Gasteiger partial charge on any atom is -0.326 e. The summed E-state index contributed by atoms with van der Waals surface area (Å²) in [5, 5.41) is 5.43. The van der Waals surface area contributed by atoms with Crippen LogP contribution in [0.2, 0.25) is 0 Å². The average Bonchev–Trinajstić information content (AvgIpc) is 3.00. The van der Waals surface area contributed by atoms with Crippen molar-refractivity contribution in [1.82, 2.24) is 10.2 Å². The van der Waals surface area contributed by atoms with Crippen molar-refractivity contribution in [2.45, 2.75) is 45.1 Å². The first-order chi connectivity index (χ1) is 14.0. The quantitative estimate of drug-likeness (QED) is 0.672. The number of hydrogen-bond donors (Lipinski definition) is 2. The van der Waals surface area contributed by atoms with Gasteiger partial charge < -0.3 is 10.6 Å². The first-order valence-electron chi connectivity index (χ1n) is 10.0. The van der Waals surface area contributed by atoms with Gasteiger partial charge in [0, 0.05) is 5.69 Å². The van der Waals surface area contributed by atoms with Crippen LogP contribution in [0.5, 0.6) is 0 Å². The van der Waals surface area contributed by atoms with E-state index in [4.69, 9.17) is 0 Å². The van der Waals surface area contributed by atoms with Crippen LogP contribution >= 0.6 is 0 Å². The minimum atomic E-state index is -0.592. The molecule has 3 rings (SSSR count). The average molecular weight is 393 g/mol. The molecule has 2 aromatic rings. The van der Waals surface area contributed by atoms with E-state index in [1.165, 1.54) is 5.56 Å². The van der Waals surface area contributed by atoms with Crippen LogP contribution in [0.1, 0.15) is 43.7 Å². The molecule has 0 spiro atoms. The summed E-state index contributed by atoms with van der Waals surface area (Å²) in [6.45, 7) is 3.99. The maximum absolute atomic E-state index is 12.5. The predicted octanol–water partition coefficient (Wildman–Crippen LogP) is 3.69. The molecule has 6 heteroatoms. The Hall–Kier alpha value is -3.15. The van der Waals surface area contributed by atoms with E-state index in [1.54, 1.807) is 0 Å². The highest BCUT2D eigenvalue weighted by Crippen LogP contribution is 2.20. The molecular weight excluding hydrogens is 366 g/mol. The fourth-order valence-corrected chi connectivity index (χ4v) is 3.35. The number of aryl methyl sites for hydroxylation is 1. The number of urea groups is 1. The summed E-state index contributed by atoms with van der Waals surface area (Å²) in [4.78, 5) is 38.0. The fourth-order valence-electron chi connectivity index (χ4n) is 3.35. The van der Waals surface area contributed by atoms with Gasteiger partial charge in [-0.05, 0) is 48.4 Å². The van der Waals surface area contributed by atoms with Crippen molar-refractivity contribution < 1.29 is 14.4 Å². The second-order valence-electron chi connectivity index (χ2n) is 7.43. The number of nitrogens with one attached hydrogen (secondary N) is 2. The Morgan fingerprint density at radius 2 is 1.79 bits per heavy atom. The zero-order valence-electron chi connectivity index (χ0n) is 16.9. The Labute approximate surface area is 171 Å². The smallest absolute Gasteiger partial charge is 0.325 e. The van der Waals surface area contributed by atoms with Gasteiger partial charge in [-0.1, -0.05) is 56.3 Å². The summed E-state index contributed by atoms with van der Waals surface area (Å²) in [6.07, 6.45) is 2.23. The Balaban J connectivity index is 1.53. The van der Waals surface area contributed by atoms with Crippen molar-refractivity contribution in [1.29, 1.82) is 0 Å². The van der Waals surface area contributed by atoms with Crippen LogP contribution in [0, 0.1) is 0 Å². The third-order valence-electron chi connectivity index (χ3n) is 5.35. The molecule has 0 aromatic heterocycles. The number of nitrogens with zero attached hydrogens (tertiary/aromatic N) is 1. The SMILES string of the molecule is CC[C@H](C)c1ccc(NC(=O)CN2C(=O)N[C@@H](CCc3ccccc3)C2=O)cc1. The molecule has 1 heterocycles. The molecule has 0 saturated carbocycles. The van der Waals surface area contributed by atoms with Gasteiger partial charge in [-0.25, -0.2) is 4.79 Å². The van der Waals surface area contributed by atoms with Crippen molar-refractivity contribution in [3.63, 3.8) is 0 Å². The van der Waals surface area contributed by atoms with E-state index >= 15 is 0 Å².